The van der Waals surface area contributed by atoms with Gasteiger partial charge >= 0.3 is 7.82 Å². The Morgan fingerprint density at radius 1 is 0.900 bits per heavy atom. The number of hydrogen-bond donors (Lipinski definition) is 2. The van der Waals surface area contributed by atoms with Gasteiger partial charge in [0.25, 0.3) is 0 Å². The molecule has 0 bridgehead atoms. The molecule has 0 heterocycles. The molecule has 0 saturated heterocycles. The van der Waals surface area contributed by atoms with Gasteiger partial charge in [-0.05, 0) is 23.6 Å². The molecule has 108 valence electrons. The quantitative estimate of drug-likeness (QED) is 0.841. The van der Waals surface area contributed by atoms with Crippen LogP contribution in [0.4, 0.5) is 0 Å². The van der Waals surface area contributed by atoms with Crippen molar-refractivity contribution in [1.29, 1.82) is 0 Å². The van der Waals surface area contributed by atoms with E-state index in [9.17, 15) is 4.57 Å². The van der Waals surface area contributed by atoms with Crippen molar-refractivity contribution in [3.8, 4) is 5.75 Å². The Kier molecular flexibility index (Phi) is 6.46. The fraction of sp³-hybridized carbons (Fsp3) is 0.200. The SMILES string of the molecule is CC(C)c1ccccc1.O=P(O)(O)Oc1ccccc1. The Morgan fingerprint density at radius 2 is 1.35 bits per heavy atom. The summed E-state index contributed by atoms with van der Waals surface area (Å²) >= 11 is 0. The summed E-state index contributed by atoms with van der Waals surface area (Å²) in [5.74, 6) is 0.826. The van der Waals surface area contributed by atoms with E-state index in [2.05, 4.69) is 42.6 Å². The molecular formula is C15H19O4P. The van der Waals surface area contributed by atoms with Crippen molar-refractivity contribution in [2.45, 2.75) is 19.8 Å². The summed E-state index contributed by atoms with van der Waals surface area (Å²) in [6, 6.07) is 18.5. The van der Waals surface area contributed by atoms with E-state index in [1.807, 2.05) is 6.07 Å². The summed E-state index contributed by atoms with van der Waals surface area (Å²) in [6.45, 7) is 4.41. The van der Waals surface area contributed by atoms with Crippen LogP contribution in [-0.4, -0.2) is 9.79 Å². The first-order valence-corrected chi connectivity index (χ1v) is 7.76. The molecule has 0 atom stereocenters. The smallest absolute Gasteiger partial charge is 0.404 e. The molecule has 0 unspecified atom stereocenters. The Bertz CT molecular complexity index is 534. The van der Waals surface area contributed by atoms with Gasteiger partial charge in [0.15, 0.2) is 0 Å². The number of phosphoric acid groups is 1. The molecular weight excluding hydrogens is 275 g/mol. The molecule has 2 N–H and O–H groups in total. The molecule has 0 spiro atoms. The Labute approximate surface area is 119 Å². The number of rotatable bonds is 3. The molecule has 0 aliphatic carbocycles. The molecule has 2 aromatic carbocycles. The highest BCUT2D eigenvalue weighted by molar-refractivity contribution is 7.46. The Morgan fingerprint density at radius 3 is 1.70 bits per heavy atom. The van der Waals surface area contributed by atoms with Crippen LogP contribution in [0.2, 0.25) is 0 Å². The van der Waals surface area contributed by atoms with Crippen LogP contribution in [0, 0.1) is 0 Å². The zero-order chi connectivity index (χ0) is 15.0. The minimum Gasteiger partial charge on any atom is -0.404 e. The van der Waals surface area contributed by atoms with Gasteiger partial charge < -0.3 is 4.52 Å². The topological polar surface area (TPSA) is 66.8 Å². The van der Waals surface area contributed by atoms with Crippen molar-refractivity contribution in [1.82, 2.24) is 0 Å². The van der Waals surface area contributed by atoms with Crippen molar-refractivity contribution in [2.75, 3.05) is 0 Å². The predicted octanol–water partition coefficient (Wildman–Crippen LogP) is 3.97. The Hall–Kier alpha value is -1.61. The van der Waals surface area contributed by atoms with Gasteiger partial charge in [-0.1, -0.05) is 62.4 Å². The molecule has 0 radical (unpaired) electrons. The summed E-state index contributed by atoms with van der Waals surface area (Å²) in [5, 5.41) is 0. The third-order valence-electron chi connectivity index (χ3n) is 2.43. The average molecular weight is 294 g/mol. The second-order valence-corrected chi connectivity index (χ2v) is 5.62. The largest absolute Gasteiger partial charge is 0.524 e. The molecule has 0 aliphatic rings. The average Bonchev–Trinajstić information content (AvgIpc) is 2.40. The zero-order valence-corrected chi connectivity index (χ0v) is 12.4. The van der Waals surface area contributed by atoms with E-state index in [0.717, 1.165) is 0 Å². The lowest BCUT2D eigenvalue weighted by Crippen LogP contribution is -1.88. The third-order valence-corrected chi connectivity index (χ3v) is 2.88. The standard InChI is InChI=1S/C9H12.C6H7O4P/c1-8(2)9-6-4-3-5-7-9;7-11(8,9)10-6-4-2-1-3-5-6/h3-8H,1-2H3;1-5H,(H2,7,8,9). The molecule has 2 aromatic rings. The third kappa shape index (κ3) is 7.10. The predicted molar refractivity (Wildman–Crippen MR) is 79.6 cm³/mol. The molecule has 0 amide bonds. The minimum atomic E-state index is -4.39. The maximum Gasteiger partial charge on any atom is 0.524 e. The second kappa shape index (κ2) is 7.85. The fourth-order valence-corrected chi connectivity index (χ4v) is 1.85. The first-order valence-electron chi connectivity index (χ1n) is 6.23. The van der Waals surface area contributed by atoms with E-state index >= 15 is 0 Å². The van der Waals surface area contributed by atoms with E-state index in [1.165, 1.54) is 17.7 Å². The van der Waals surface area contributed by atoms with E-state index in [4.69, 9.17) is 9.79 Å². The number of para-hydroxylation sites is 1. The van der Waals surface area contributed by atoms with E-state index < -0.39 is 7.82 Å². The van der Waals surface area contributed by atoms with E-state index in [1.54, 1.807) is 18.2 Å². The van der Waals surface area contributed by atoms with E-state index in [-0.39, 0.29) is 5.75 Å². The number of phosphoric ester groups is 1. The zero-order valence-electron chi connectivity index (χ0n) is 11.5. The molecule has 4 nitrogen and oxygen atoms in total. The van der Waals surface area contributed by atoms with Gasteiger partial charge in [-0.15, -0.1) is 0 Å². The fourth-order valence-electron chi connectivity index (χ4n) is 1.46. The van der Waals surface area contributed by atoms with Gasteiger partial charge in [-0.3, -0.25) is 9.79 Å². The highest BCUT2D eigenvalue weighted by atomic mass is 31.2. The number of hydrogen-bond acceptors (Lipinski definition) is 2. The summed E-state index contributed by atoms with van der Waals surface area (Å²) in [4.78, 5) is 16.7. The van der Waals surface area contributed by atoms with Gasteiger partial charge in [0.1, 0.15) is 5.75 Å². The summed E-state index contributed by atoms with van der Waals surface area (Å²) in [6.07, 6.45) is 0. The van der Waals surface area contributed by atoms with Crippen LogP contribution >= 0.6 is 7.82 Å². The molecule has 0 aromatic heterocycles. The lowest BCUT2D eigenvalue weighted by molar-refractivity contribution is 0.283. The summed E-state index contributed by atoms with van der Waals surface area (Å²) in [7, 11) is -4.39. The van der Waals surface area contributed by atoms with Crippen LogP contribution in [0.15, 0.2) is 60.7 Å². The molecule has 0 fully saturated rings. The van der Waals surface area contributed by atoms with Gasteiger partial charge in [0.05, 0.1) is 0 Å². The summed E-state index contributed by atoms with van der Waals surface area (Å²) < 4.78 is 14.5. The van der Waals surface area contributed by atoms with Crippen molar-refractivity contribution < 1.29 is 18.9 Å². The summed E-state index contributed by atoms with van der Waals surface area (Å²) in [5.41, 5.74) is 1.41. The van der Waals surface area contributed by atoms with Crippen LogP contribution in [0.3, 0.4) is 0 Å². The highest BCUT2D eigenvalue weighted by Crippen LogP contribution is 2.36. The van der Waals surface area contributed by atoms with Crippen molar-refractivity contribution in [3.05, 3.63) is 66.2 Å². The lowest BCUT2D eigenvalue weighted by Gasteiger charge is -2.04. The normalized spacial score (nSPS) is 10.7. The monoisotopic (exact) mass is 294 g/mol. The van der Waals surface area contributed by atoms with E-state index in [0.29, 0.717) is 5.92 Å². The van der Waals surface area contributed by atoms with Crippen molar-refractivity contribution in [3.63, 3.8) is 0 Å². The molecule has 5 heteroatoms. The van der Waals surface area contributed by atoms with Gasteiger partial charge in [0.2, 0.25) is 0 Å². The van der Waals surface area contributed by atoms with Crippen LogP contribution in [0.1, 0.15) is 25.3 Å². The van der Waals surface area contributed by atoms with Crippen molar-refractivity contribution >= 4 is 7.82 Å². The molecule has 0 saturated carbocycles. The van der Waals surface area contributed by atoms with Crippen molar-refractivity contribution in [2.24, 2.45) is 0 Å². The first kappa shape index (κ1) is 16.4. The van der Waals surface area contributed by atoms with Crippen LogP contribution in [-0.2, 0) is 4.57 Å². The Balaban J connectivity index is 0.000000204. The first-order chi connectivity index (χ1) is 9.38. The highest BCUT2D eigenvalue weighted by Gasteiger charge is 2.14. The molecule has 0 aliphatic heterocycles. The lowest BCUT2D eigenvalue weighted by atomic mass is 10.0. The minimum absolute atomic E-state index is 0.167. The second-order valence-electron chi connectivity index (χ2n) is 4.46. The van der Waals surface area contributed by atoms with Gasteiger partial charge in [-0.25, -0.2) is 4.57 Å². The maximum atomic E-state index is 10.3. The van der Waals surface area contributed by atoms with Gasteiger partial charge in [-0.2, -0.15) is 0 Å². The van der Waals surface area contributed by atoms with Crippen LogP contribution in [0.25, 0.3) is 0 Å². The van der Waals surface area contributed by atoms with Crippen LogP contribution < -0.4 is 4.52 Å². The maximum absolute atomic E-state index is 10.3. The molecule has 20 heavy (non-hydrogen) atoms. The number of benzene rings is 2. The molecule has 2 rings (SSSR count). The van der Waals surface area contributed by atoms with Crippen LogP contribution in [0.5, 0.6) is 5.75 Å². The van der Waals surface area contributed by atoms with Gasteiger partial charge in [0, 0.05) is 0 Å².